The molecule has 0 aromatic heterocycles. The topological polar surface area (TPSA) is 92.8 Å². The van der Waals surface area contributed by atoms with Crippen LogP contribution in [0.3, 0.4) is 0 Å². The zero-order valence-electron chi connectivity index (χ0n) is 19.0. The second-order valence-electron chi connectivity index (χ2n) is 7.67. The lowest BCUT2D eigenvalue weighted by Gasteiger charge is -2.23. The van der Waals surface area contributed by atoms with Gasteiger partial charge in [0.25, 0.3) is 5.91 Å². The molecule has 0 saturated heterocycles. The number of sulfonamides is 1. The molecule has 0 saturated carbocycles. The fraction of sp³-hybridized carbons (Fsp3) is 0.200. The maximum Gasteiger partial charge on any atom is 0.338 e. The van der Waals surface area contributed by atoms with E-state index >= 15 is 0 Å². The van der Waals surface area contributed by atoms with Crippen LogP contribution in [0.25, 0.3) is 0 Å². The Bertz CT molecular complexity index is 1310. The number of halogens is 1. The average molecular weight is 501 g/mol. The molecule has 9 heteroatoms. The number of esters is 1. The fourth-order valence-corrected chi connectivity index (χ4v) is 4.37. The first-order chi connectivity index (χ1) is 16.1. The molecule has 3 rings (SSSR count). The number of nitrogens with one attached hydrogen (secondary N) is 1. The molecule has 1 N–H and O–H groups in total. The number of carbonyl (C=O) groups excluding carboxylic acids is 2. The SMILES string of the molecule is CCOC(=O)c1ccc(NC(=O)c2ccc(CN(c3cccc(C)c3)S(C)(=O)=O)cc2)c(Cl)c1. The number of benzene rings is 3. The summed E-state index contributed by atoms with van der Waals surface area (Å²) in [5.74, 6) is -0.886. The van der Waals surface area contributed by atoms with Crippen LogP contribution in [-0.4, -0.2) is 33.2 Å². The fourth-order valence-electron chi connectivity index (χ4n) is 3.26. The normalized spacial score (nSPS) is 11.1. The summed E-state index contributed by atoms with van der Waals surface area (Å²) in [5, 5.41) is 2.92. The van der Waals surface area contributed by atoms with Crippen molar-refractivity contribution in [2.45, 2.75) is 20.4 Å². The van der Waals surface area contributed by atoms with Gasteiger partial charge in [0.15, 0.2) is 0 Å². The van der Waals surface area contributed by atoms with Crippen LogP contribution in [0.4, 0.5) is 11.4 Å². The number of nitrogens with zero attached hydrogens (tertiary/aromatic N) is 1. The van der Waals surface area contributed by atoms with Gasteiger partial charge in [-0.1, -0.05) is 35.9 Å². The van der Waals surface area contributed by atoms with Gasteiger partial charge in [-0.3, -0.25) is 9.10 Å². The van der Waals surface area contributed by atoms with E-state index in [4.69, 9.17) is 16.3 Å². The first kappa shape index (κ1) is 25.3. The van der Waals surface area contributed by atoms with Crippen LogP contribution in [0.5, 0.6) is 0 Å². The van der Waals surface area contributed by atoms with E-state index in [1.54, 1.807) is 49.4 Å². The van der Waals surface area contributed by atoms with Crippen LogP contribution in [0.2, 0.25) is 5.02 Å². The van der Waals surface area contributed by atoms with Gasteiger partial charge in [-0.05, 0) is 67.4 Å². The van der Waals surface area contributed by atoms with Crippen molar-refractivity contribution in [1.29, 1.82) is 0 Å². The molecular formula is C25H25ClN2O5S. The standard InChI is InChI=1S/C25H25ClN2O5S/c1-4-33-25(30)20-12-13-23(22(26)15-20)27-24(29)19-10-8-18(9-11-19)16-28(34(3,31)32)21-7-5-6-17(2)14-21/h5-15H,4,16H2,1-3H3,(H,27,29). The average Bonchev–Trinajstić information content (AvgIpc) is 2.78. The third kappa shape index (κ3) is 6.36. The number of hydrogen-bond acceptors (Lipinski definition) is 5. The molecule has 7 nitrogen and oxygen atoms in total. The molecule has 0 spiro atoms. The summed E-state index contributed by atoms with van der Waals surface area (Å²) in [5.41, 5.74) is 3.26. The number of anilines is 2. The summed E-state index contributed by atoms with van der Waals surface area (Å²) in [7, 11) is -3.51. The molecule has 0 atom stereocenters. The van der Waals surface area contributed by atoms with Crippen molar-refractivity contribution < 1.29 is 22.7 Å². The largest absolute Gasteiger partial charge is 0.462 e. The smallest absolute Gasteiger partial charge is 0.338 e. The first-order valence-electron chi connectivity index (χ1n) is 10.5. The van der Waals surface area contributed by atoms with E-state index in [0.29, 0.717) is 22.5 Å². The number of amides is 1. The molecule has 0 unspecified atom stereocenters. The zero-order chi connectivity index (χ0) is 24.9. The van der Waals surface area contributed by atoms with Crippen molar-refractivity contribution in [2.24, 2.45) is 0 Å². The predicted molar refractivity (Wildman–Crippen MR) is 134 cm³/mol. The van der Waals surface area contributed by atoms with Crippen LogP contribution >= 0.6 is 11.6 Å². The van der Waals surface area contributed by atoms with E-state index in [-0.39, 0.29) is 18.2 Å². The second kappa shape index (κ2) is 10.7. The van der Waals surface area contributed by atoms with Gasteiger partial charge in [0, 0.05) is 5.56 Å². The Morgan fingerprint density at radius 2 is 1.68 bits per heavy atom. The Labute approximate surface area is 204 Å². The van der Waals surface area contributed by atoms with Gasteiger partial charge in [0.1, 0.15) is 0 Å². The highest BCUT2D eigenvalue weighted by Gasteiger charge is 2.18. The predicted octanol–water partition coefficient (Wildman–Crippen LogP) is 5.04. The van der Waals surface area contributed by atoms with Gasteiger partial charge in [0.05, 0.1) is 41.4 Å². The van der Waals surface area contributed by atoms with E-state index in [2.05, 4.69) is 5.32 Å². The highest BCUT2D eigenvalue weighted by atomic mass is 35.5. The molecule has 0 radical (unpaired) electrons. The quantitative estimate of drug-likeness (QED) is 0.437. The van der Waals surface area contributed by atoms with E-state index in [1.807, 2.05) is 13.0 Å². The Morgan fingerprint density at radius 3 is 2.26 bits per heavy atom. The van der Waals surface area contributed by atoms with E-state index in [9.17, 15) is 18.0 Å². The number of rotatable bonds is 8. The summed E-state index contributed by atoms with van der Waals surface area (Å²) >= 11 is 6.21. The van der Waals surface area contributed by atoms with Gasteiger partial charge in [-0.15, -0.1) is 0 Å². The Balaban J connectivity index is 1.73. The molecule has 0 heterocycles. The molecule has 178 valence electrons. The van der Waals surface area contributed by atoms with Gasteiger partial charge in [-0.2, -0.15) is 0 Å². The van der Waals surface area contributed by atoms with Crippen LogP contribution < -0.4 is 9.62 Å². The summed E-state index contributed by atoms with van der Waals surface area (Å²) in [6.45, 7) is 3.98. The van der Waals surface area contributed by atoms with Crippen LogP contribution in [0, 0.1) is 6.92 Å². The highest BCUT2D eigenvalue weighted by Crippen LogP contribution is 2.25. The van der Waals surface area contributed by atoms with Crippen LogP contribution in [-0.2, 0) is 21.3 Å². The van der Waals surface area contributed by atoms with Gasteiger partial charge >= 0.3 is 5.97 Å². The number of hydrogen-bond donors (Lipinski definition) is 1. The lowest BCUT2D eigenvalue weighted by Crippen LogP contribution is -2.29. The van der Waals surface area contributed by atoms with Crippen molar-refractivity contribution in [2.75, 3.05) is 22.5 Å². The number of ether oxygens (including phenoxy) is 1. The van der Waals surface area contributed by atoms with Gasteiger partial charge in [0.2, 0.25) is 10.0 Å². The van der Waals surface area contributed by atoms with Crippen LogP contribution in [0.15, 0.2) is 66.7 Å². The van der Waals surface area contributed by atoms with E-state index in [1.165, 1.54) is 22.5 Å². The van der Waals surface area contributed by atoms with Gasteiger partial charge in [-0.25, -0.2) is 13.2 Å². The Kier molecular flexibility index (Phi) is 7.96. The number of carbonyl (C=O) groups is 2. The molecule has 3 aromatic rings. The molecule has 0 aliphatic carbocycles. The Morgan fingerprint density at radius 1 is 1.00 bits per heavy atom. The van der Waals surface area contributed by atoms with Crippen LogP contribution in [0.1, 0.15) is 38.8 Å². The molecule has 0 aliphatic rings. The third-order valence-corrected chi connectivity index (χ3v) is 6.41. The molecule has 0 aliphatic heterocycles. The minimum atomic E-state index is -3.51. The van der Waals surface area contributed by atoms with Crippen molar-refractivity contribution in [3.05, 3.63) is 94.0 Å². The summed E-state index contributed by atoms with van der Waals surface area (Å²) in [6, 6.07) is 18.4. The molecule has 1 amide bonds. The summed E-state index contributed by atoms with van der Waals surface area (Å²) < 4.78 is 31.0. The minimum absolute atomic E-state index is 0.130. The van der Waals surface area contributed by atoms with E-state index < -0.39 is 21.9 Å². The highest BCUT2D eigenvalue weighted by molar-refractivity contribution is 7.92. The van der Waals surface area contributed by atoms with Crippen molar-refractivity contribution in [1.82, 2.24) is 0 Å². The first-order valence-corrected chi connectivity index (χ1v) is 12.7. The summed E-state index contributed by atoms with van der Waals surface area (Å²) in [6.07, 6.45) is 1.16. The lowest BCUT2D eigenvalue weighted by molar-refractivity contribution is 0.0526. The molecule has 0 fully saturated rings. The minimum Gasteiger partial charge on any atom is -0.462 e. The Hall–Kier alpha value is -3.36. The molecule has 34 heavy (non-hydrogen) atoms. The monoisotopic (exact) mass is 500 g/mol. The van der Waals surface area contributed by atoms with E-state index in [0.717, 1.165) is 17.4 Å². The summed E-state index contributed by atoms with van der Waals surface area (Å²) in [4.78, 5) is 24.5. The molecule has 3 aromatic carbocycles. The zero-order valence-corrected chi connectivity index (χ0v) is 20.6. The van der Waals surface area contributed by atoms with Crippen molar-refractivity contribution in [3.63, 3.8) is 0 Å². The molecular weight excluding hydrogens is 476 g/mol. The van der Waals surface area contributed by atoms with Crippen molar-refractivity contribution >= 4 is 44.9 Å². The lowest BCUT2D eigenvalue weighted by atomic mass is 10.1. The molecule has 0 bridgehead atoms. The number of aryl methyl sites for hydroxylation is 1. The van der Waals surface area contributed by atoms with Gasteiger partial charge < -0.3 is 10.1 Å². The second-order valence-corrected chi connectivity index (χ2v) is 9.99. The maximum absolute atomic E-state index is 12.7. The maximum atomic E-state index is 12.7. The van der Waals surface area contributed by atoms with Crippen molar-refractivity contribution in [3.8, 4) is 0 Å². The third-order valence-electron chi connectivity index (χ3n) is 4.96.